The Morgan fingerprint density at radius 3 is 3.05 bits per heavy atom. The standard InChI is InChI=1S/C15H23N3O3/c1-10(2)8-20-5-3-4-17-12-7-13-14(6-11(12)16)21-9-15(19)18-13/h6-7,10,17H,3-5,8-9,16H2,1-2H3,(H,18,19). The SMILES string of the molecule is CC(C)COCCCNc1cc2c(cc1N)OCC(=O)N2. The Hall–Kier alpha value is -1.95. The molecule has 1 amide bonds. The Morgan fingerprint density at radius 2 is 2.29 bits per heavy atom. The molecule has 0 saturated heterocycles. The molecule has 0 saturated carbocycles. The third-order valence-electron chi connectivity index (χ3n) is 3.02. The molecule has 0 unspecified atom stereocenters. The Balaban J connectivity index is 1.83. The highest BCUT2D eigenvalue weighted by molar-refractivity contribution is 5.97. The van der Waals surface area contributed by atoms with Gasteiger partial charge in [-0.25, -0.2) is 0 Å². The van der Waals surface area contributed by atoms with E-state index in [0.29, 0.717) is 23.0 Å². The monoisotopic (exact) mass is 293 g/mol. The lowest BCUT2D eigenvalue weighted by atomic mass is 10.2. The van der Waals surface area contributed by atoms with Crippen LogP contribution in [0, 0.1) is 5.92 Å². The second-order valence-corrected chi connectivity index (χ2v) is 5.52. The summed E-state index contributed by atoms with van der Waals surface area (Å²) in [5, 5.41) is 6.02. The molecule has 1 aromatic rings. The van der Waals surface area contributed by atoms with E-state index in [1.807, 2.05) is 0 Å². The van der Waals surface area contributed by atoms with Crippen LogP contribution in [0.4, 0.5) is 17.1 Å². The van der Waals surface area contributed by atoms with Gasteiger partial charge < -0.3 is 25.8 Å². The summed E-state index contributed by atoms with van der Waals surface area (Å²) >= 11 is 0. The fourth-order valence-electron chi connectivity index (χ4n) is 2.01. The number of carbonyl (C=O) groups is 1. The summed E-state index contributed by atoms with van der Waals surface area (Å²) in [5.74, 6) is 1.01. The number of hydrogen-bond donors (Lipinski definition) is 3. The highest BCUT2D eigenvalue weighted by Gasteiger charge is 2.17. The number of nitrogens with one attached hydrogen (secondary N) is 2. The van der Waals surface area contributed by atoms with Crippen LogP contribution in [0.1, 0.15) is 20.3 Å². The molecule has 21 heavy (non-hydrogen) atoms. The first-order chi connectivity index (χ1) is 10.1. The van der Waals surface area contributed by atoms with Gasteiger partial charge in [0, 0.05) is 25.8 Å². The third-order valence-corrected chi connectivity index (χ3v) is 3.02. The van der Waals surface area contributed by atoms with Crippen LogP contribution in [0.3, 0.4) is 0 Å². The van der Waals surface area contributed by atoms with E-state index in [2.05, 4.69) is 24.5 Å². The van der Waals surface area contributed by atoms with Crippen LogP contribution in [0.25, 0.3) is 0 Å². The Morgan fingerprint density at radius 1 is 1.48 bits per heavy atom. The normalized spacial score (nSPS) is 13.6. The van der Waals surface area contributed by atoms with Crippen molar-refractivity contribution in [2.24, 2.45) is 5.92 Å². The molecule has 0 aromatic heterocycles. The summed E-state index contributed by atoms with van der Waals surface area (Å²) < 4.78 is 10.8. The number of fused-ring (bicyclic) bond motifs is 1. The van der Waals surface area contributed by atoms with Crippen LogP contribution >= 0.6 is 0 Å². The summed E-state index contributed by atoms with van der Waals surface area (Å²) in [4.78, 5) is 11.3. The smallest absolute Gasteiger partial charge is 0.262 e. The number of nitrogen functional groups attached to an aromatic ring is 1. The van der Waals surface area contributed by atoms with Gasteiger partial charge in [-0.05, 0) is 18.4 Å². The number of amides is 1. The third kappa shape index (κ3) is 4.53. The second-order valence-electron chi connectivity index (χ2n) is 5.52. The van der Waals surface area contributed by atoms with Crippen molar-refractivity contribution in [1.82, 2.24) is 0 Å². The summed E-state index contributed by atoms with van der Waals surface area (Å²) in [6.07, 6.45) is 0.895. The van der Waals surface area contributed by atoms with E-state index in [1.54, 1.807) is 12.1 Å². The molecule has 0 aliphatic carbocycles. The molecule has 116 valence electrons. The first-order valence-corrected chi connectivity index (χ1v) is 7.24. The number of carbonyl (C=O) groups excluding carboxylic acids is 1. The van der Waals surface area contributed by atoms with E-state index in [-0.39, 0.29) is 12.5 Å². The Bertz CT molecular complexity index is 503. The first-order valence-electron chi connectivity index (χ1n) is 7.24. The van der Waals surface area contributed by atoms with Gasteiger partial charge in [-0.3, -0.25) is 4.79 Å². The van der Waals surface area contributed by atoms with Gasteiger partial charge in [0.2, 0.25) is 0 Å². The first kappa shape index (κ1) is 15.4. The highest BCUT2D eigenvalue weighted by atomic mass is 16.5. The molecule has 6 nitrogen and oxygen atoms in total. The average molecular weight is 293 g/mol. The summed E-state index contributed by atoms with van der Waals surface area (Å²) in [6.45, 7) is 6.55. The maximum absolute atomic E-state index is 11.3. The molecule has 1 heterocycles. The second kappa shape index (κ2) is 7.17. The Kier molecular flexibility index (Phi) is 5.27. The van der Waals surface area contributed by atoms with Gasteiger partial charge >= 0.3 is 0 Å². The van der Waals surface area contributed by atoms with Crippen LogP contribution in [-0.2, 0) is 9.53 Å². The molecular formula is C15H23N3O3. The minimum absolute atomic E-state index is 0.0341. The van der Waals surface area contributed by atoms with Crippen molar-refractivity contribution in [2.45, 2.75) is 20.3 Å². The molecule has 0 radical (unpaired) electrons. The van der Waals surface area contributed by atoms with Gasteiger partial charge in [0.1, 0.15) is 5.75 Å². The predicted molar refractivity (Wildman–Crippen MR) is 83.7 cm³/mol. The van der Waals surface area contributed by atoms with Crippen molar-refractivity contribution < 1.29 is 14.3 Å². The summed E-state index contributed by atoms with van der Waals surface area (Å²) in [6, 6.07) is 3.53. The van der Waals surface area contributed by atoms with Crippen molar-refractivity contribution in [3.05, 3.63) is 12.1 Å². The maximum Gasteiger partial charge on any atom is 0.262 e. The van der Waals surface area contributed by atoms with E-state index in [9.17, 15) is 4.79 Å². The molecule has 2 rings (SSSR count). The van der Waals surface area contributed by atoms with Gasteiger partial charge in [0.15, 0.2) is 6.61 Å². The largest absolute Gasteiger partial charge is 0.482 e. The number of ether oxygens (including phenoxy) is 2. The summed E-state index contributed by atoms with van der Waals surface area (Å²) in [5.41, 5.74) is 8.02. The predicted octanol–water partition coefficient (Wildman–Crippen LogP) is 2.07. The van der Waals surface area contributed by atoms with E-state index >= 15 is 0 Å². The van der Waals surface area contributed by atoms with Crippen LogP contribution < -0.4 is 21.1 Å². The van der Waals surface area contributed by atoms with Gasteiger partial charge in [0.05, 0.1) is 17.1 Å². The lowest BCUT2D eigenvalue weighted by Crippen LogP contribution is -2.25. The number of anilines is 3. The lowest BCUT2D eigenvalue weighted by molar-refractivity contribution is -0.118. The number of benzene rings is 1. The topological polar surface area (TPSA) is 85.6 Å². The van der Waals surface area contributed by atoms with E-state index in [4.69, 9.17) is 15.2 Å². The molecular weight excluding hydrogens is 270 g/mol. The van der Waals surface area contributed by atoms with Crippen LogP contribution in [0.2, 0.25) is 0 Å². The van der Waals surface area contributed by atoms with Crippen molar-refractivity contribution in [1.29, 1.82) is 0 Å². The zero-order valence-corrected chi connectivity index (χ0v) is 12.6. The fraction of sp³-hybridized carbons (Fsp3) is 0.533. The van der Waals surface area contributed by atoms with Crippen molar-refractivity contribution in [3.63, 3.8) is 0 Å². The average Bonchev–Trinajstić information content (AvgIpc) is 2.43. The molecule has 0 atom stereocenters. The van der Waals surface area contributed by atoms with Gasteiger partial charge in [0.25, 0.3) is 5.91 Å². The summed E-state index contributed by atoms with van der Waals surface area (Å²) in [7, 11) is 0. The van der Waals surface area contributed by atoms with Crippen LogP contribution in [-0.4, -0.2) is 32.3 Å². The minimum atomic E-state index is -0.152. The number of hydrogen-bond acceptors (Lipinski definition) is 5. The number of rotatable bonds is 7. The Labute approximate surface area is 125 Å². The van der Waals surface area contributed by atoms with Crippen molar-refractivity contribution in [2.75, 3.05) is 42.7 Å². The quantitative estimate of drug-likeness (QED) is 0.529. The molecule has 0 bridgehead atoms. The molecule has 1 aromatic carbocycles. The van der Waals surface area contributed by atoms with E-state index in [0.717, 1.165) is 31.9 Å². The molecule has 0 spiro atoms. The molecule has 1 aliphatic rings. The van der Waals surface area contributed by atoms with Gasteiger partial charge in [-0.2, -0.15) is 0 Å². The molecule has 4 N–H and O–H groups in total. The van der Waals surface area contributed by atoms with Crippen LogP contribution in [0.15, 0.2) is 12.1 Å². The molecule has 1 aliphatic heterocycles. The zero-order chi connectivity index (χ0) is 15.2. The fourth-order valence-corrected chi connectivity index (χ4v) is 2.01. The van der Waals surface area contributed by atoms with Crippen LogP contribution in [0.5, 0.6) is 5.75 Å². The minimum Gasteiger partial charge on any atom is -0.482 e. The lowest BCUT2D eigenvalue weighted by Gasteiger charge is -2.20. The van der Waals surface area contributed by atoms with Crippen molar-refractivity contribution in [3.8, 4) is 5.75 Å². The van der Waals surface area contributed by atoms with Gasteiger partial charge in [-0.1, -0.05) is 13.8 Å². The highest BCUT2D eigenvalue weighted by Crippen LogP contribution is 2.35. The van der Waals surface area contributed by atoms with Gasteiger partial charge in [-0.15, -0.1) is 0 Å². The maximum atomic E-state index is 11.3. The van der Waals surface area contributed by atoms with E-state index in [1.165, 1.54) is 0 Å². The molecule has 6 heteroatoms. The van der Waals surface area contributed by atoms with E-state index < -0.39 is 0 Å². The van der Waals surface area contributed by atoms with Crippen molar-refractivity contribution >= 4 is 23.0 Å². The zero-order valence-electron chi connectivity index (χ0n) is 12.6. The number of nitrogens with two attached hydrogens (primary N) is 1. The molecule has 0 fully saturated rings.